The van der Waals surface area contributed by atoms with Gasteiger partial charge in [-0.15, -0.1) is 69.6 Å². The van der Waals surface area contributed by atoms with Crippen LogP contribution in [0.5, 0.6) is 0 Å². The summed E-state index contributed by atoms with van der Waals surface area (Å²) >= 11 is 28.6. The van der Waals surface area contributed by atoms with Gasteiger partial charge in [0.2, 0.25) is 0 Å². The Morgan fingerprint density at radius 2 is 0.623 bits per heavy atom. The maximum Gasteiger partial charge on any atom is 1.00 e. The second-order valence-corrected chi connectivity index (χ2v) is 14.2. The van der Waals surface area contributed by atoms with E-state index in [2.05, 4.69) is 171 Å². The molecule has 280 valence electrons. The van der Waals surface area contributed by atoms with E-state index >= 15 is 0 Å². The average molecular weight is 874 g/mol. The van der Waals surface area contributed by atoms with E-state index in [1.165, 1.54) is 54.9 Å². The molecule has 0 N–H and O–H groups in total. The Kier molecular flexibility index (Phi) is 21.5. The van der Waals surface area contributed by atoms with Crippen molar-refractivity contribution >= 4 is 119 Å². The molecule has 53 heavy (non-hydrogen) atoms. The second-order valence-electron chi connectivity index (χ2n) is 11.8. The molecule has 0 spiro atoms. The molecule has 0 fully saturated rings. The third-order valence-corrected chi connectivity index (χ3v) is 9.12. The fourth-order valence-corrected chi connectivity index (χ4v) is 6.51. The molecule has 0 atom stereocenters. The number of hydrogen-bond acceptors (Lipinski definition) is 2. The summed E-state index contributed by atoms with van der Waals surface area (Å²) in [6.45, 7) is 8.48. The Morgan fingerprint density at radius 1 is 0.396 bits per heavy atom. The van der Waals surface area contributed by atoms with E-state index in [0.717, 1.165) is 11.0 Å². The van der Waals surface area contributed by atoms with Gasteiger partial charge in [0.15, 0.2) is 0 Å². The molecule has 2 nitrogen and oxygen atoms in total. The summed E-state index contributed by atoms with van der Waals surface area (Å²) in [5, 5.41) is 3.00. The summed E-state index contributed by atoms with van der Waals surface area (Å²) < 4.78 is 0. The van der Waals surface area contributed by atoms with Gasteiger partial charge in [0, 0.05) is 23.2 Å². The van der Waals surface area contributed by atoms with Gasteiger partial charge in [0.25, 0.3) is 0 Å². The Balaban J connectivity index is 0.000000304. The molecule has 10 heteroatoms. The minimum absolute atomic E-state index is 0. The minimum atomic E-state index is -1.22. The van der Waals surface area contributed by atoms with Gasteiger partial charge in [-0.2, -0.15) is 21.9 Å². The van der Waals surface area contributed by atoms with Gasteiger partial charge in [0.05, 0.1) is 27.1 Å². The summed E-state index contributed by atoms with van der Waals surface area (Å²) in [5.74, 6) is 0. The molecule has 0 aliphatic carbocycles. The fraction of sp³-hybridized carbons (Fsp3) is 0.163. The number of hydrogen-bond donors (Lipinski definition) is 0. The second kappa shape index (κ2) is 24.6. The van der Waals surface area contributed by atoms with Gasteiger partial charge in [-0.3, -0.25) is 9.97 Å². The van der Waals surface area contributed by atoms with E-state index in [1.807, 2.05) is 12.4 Å². The van der Waals surface area contributed by atoms with Crippen LogP contribution < -0.4 is 21.9 Å². The largest absolute Gasteiger partial charge is 1.00 e. The first-order valence-corrected chi connectivity index (χ1v) is 19.8. The van der Waals surface area contributed by atoms with E-state index in [9.17, 15) is 0 Å². The van der Waals surface area contributed by atoms with Gasteiger partial charge >= 0.3 is 17.1 Å². The van der Waals surface area contributed by atoms with Crippen LogP contribution in [0.3, 0.4) is 0 Å². The van der Waals surface area contributed by atoms with E-state index in [-0.39, 0.29) is 33.1 Å². The normalized spacial score (nSPS) is 10.2. The van der Waals surface area contributed by atoms with Crippen LogP contribution in [0.2, 0.25) is 0 Å². The molecule has 2 aromatic heterocycles. The monoisotopic (exact) mass is 870 g/mol. The number of benzene rings is 5. The average Bonchev–Trinajstić information content (AvgIpc) is 3.18. The van der Waals surface area contributed by atoms with Crippen LogP contribution in [0.15, 0.2) is 146 Å². The Labute approximate surface area is 355 Å². The number of alkyl halides is 6. The van der Waals surface area contributed by atoms with Crippen LogP contribution in [0.1, 0.15) is 22.3 Å². The zero-order chi connectivity index (χ0) is 37.9. The maximum absolute atomic E-state index is 4.76. The van der Waals surface area contributed by atoms with E-state index in [4.69, 9.17) is 69.6 Å². The summed E-state index contributed by atoms with van der Waals surface area (Å²) in [7, 11) is 0. The molecule has 0 bridgehead atoms. The predicted octanol–water partition coefficient (Wildman–Crippen LogP) is 11.3. The molecule has 0 unspecified atom stereocenters. The van der Waals surface area contributed by atoms with Crippen molar-refractivity contribution in [3.63, 3.8) is 0 Å². The molecular formula is C43H42BCl6CuN2. The zero-order valence-electron chi connectivity index (χ0n) is 30.0. The summed E-state index contributed by atoms with van der Waals surface area (Å²) in [6, 6.07) is 47.9. The topological polar surface area (TPSA) is 25.8 Å². The van der Waals surface area contributed by atoms with Crippen molar-refractivity contribution in [1.29, 1.82) is 0 Å². The van der Waals surface area contributed by atoms with Crippen molar-refractivity contribution in [2.45, 2.75) is 27.7 Å². The van der Waals surface area contributed by atoms with Crippen molar-refractivity contribution in [2.24, 2.45) is 0 Å². The summed E-state index contributed by atoms with van der Waals surface area (Å²) in [4.78, 5) is 9.16. The van der Waals surface area contributed by atoms with Crippen molar-refractivity contribution in [2.75, 3.05) is 16.0 Å². The van der Waals surface area contributed by atoms with Gasteiger partial charge in [-0.05, 0) is 49.9 Å². The minimum Gasteiger partial charge on any atom is -0.254 e. The molecule has 0 aliphatic rings. The van der Waals surface area contributed by atoms with Crippen LogP contribution in [0.4, 0.5) is 0 Å². The summed E-state index contributed by atoms with van der Waals surface area (Å²) in [6.07, 6.45) is 2.66. The maximum atomic E-state index is 4.76. The quantitative estimate of drug-likeness (QED) is 0.100. The molecule has 0 radical (unpaired) electrons. The zero-order valence-corrected chi connectivity index (χ0v) is 35.5. The number of rotatable bonds is 4. The number of nitrogens with zero attached hydrogens (tertiary/aromatic N) is 2. The first kappa shape index (κ1) is 46.4. The van der Waals surface area contributed by atoms with Crippen molar-refractivity contribution < 1.29 is 17.1 Å². The first-order chi connectivity index (χ1) is 25.3. The third kappa shape index (κ3) is 11.9. The standard InChI is InChI=1S/C24H20B.C16H16N2.3CH2Cl2.Cu/c1-5-13-21(14-6-1)25(22-15-7-2-8-16-22,23-17-9-3-10-18-23)24-19-11-4-12-20-24;1-9-7-17-15-13(11(9)3)5-6-14-12(4)10(2)8-18-16(14)15;3*2-1-3;/h1-20H;5-8H,1-4H3;3*1H2;/q-1;;;;;+1. The number of aromatic nitrogens is 2. The van der Waals surface area contributed by atoms with Crippen LogP contribution in [-0.2, 0) is 17.1 Å². The predicted molar refractivity (Wildman–Crippen MR) is 236 cm³/mol. The number of fused-ring (bicyclic) bond motifs is 3. The number of aryl methyl sites for hydroxylation is 4. The summed E-state index contributed by atoms with van der Waals surface area (Å²) in [5.41, 5.74) is 12.4. The van der Waals surface area contributed by atoms with Gasteiger partial charge < -0.3 is 0 Å². The molecule has 0 saturated carbocycles. The molecule has 7 aromatic rings. The molecule has 0 saturated heterocycles. The Morgan fingerprint density at radius 3 is 0.849 bits per heavy atom. The van der Waals surface area contributed by atoms with Crippen molar-refractivity contribution in [3.05, 3.63) is 168 Å². The smallest absolute Gasteiger partial charge is 0.254 e. The van der Waals surface area contributed by atoms with Gasteiger partial charge in [-0.1, -0.05) is 133 Å². The molecule has 7 rings (SSSR count). The first-order valence-electron chi connectivity index (χ1n) is 16.6. The third-order valence-electron chi connectivity index (χ3n) is 9.12. The van der Waals surface area contributed by atoms with E-state index in [0.29, 0.717) is 0 Å². The van der Waals surface area contributed by atoms with Crippen LogP contribution >= 0.6 is 69.6 Å². The molecular weight excluding hydrogens is 832 g/mol. The van der Waals surface area contributed by atoms with Crippen LogP contribution in [0.25, 0.3) is 21.8 Å². The van der Waals surface area contributed by atoms with Crippen LogP contribution in [-0.4, -0.2) is 32.1 Å². The Bertz CT molecular complexity index is 1840. The fourth-order valence-electron chi connectivity index (χ4n) is 6.51. The van der Waals surface area contributed by atoms with Crippen molar-refractivity contribution in [1.82, 2.24) is 9.97 Å². The van der Waals surface area contributed by atoms with Crippen molar-refractivity contribution in [3.8, 4) is 0 Å². The van der Waals surface area contributed by atoms with E-state index in [1.54, 1.807) is 0 Å². The number of halogens is 6. The van der Waals surface area contributed by atoms with Crippen LogP contribution in [0, 0.1) is 27.7 Å². The SMILES string of the molecule is Cc1cnc2c(ccc3c(C)c(C)cnc32)c1C.ClCCl.ClCCl.ClCCl.[Cu+].c1ccc([B-](c2ccccc2)(c2ccccc2)c2ccccc2)cc1. The Hall–Kier alpha value is -2.76. The molecule has 0 amide bonds. The molecule has 5 aromatic carbocycles. The van der Waals surface area contributed by atoms with Gasteiger partial charge in [-0.25, -0.2) is 0 Å². The molecule has 0 aliphatic heterocycles. The number of pyridine rings is 2. The van der Waals surface area contributed by atoms with Gasteiger partial charge in [0.1, 0.15) is 6.15 Å². The van der Waals surface area contributed by atoms with E-state index < -0.39 is 6.15 Å². The molecule has 2 heterocycles.